The third-order valence-electron chi connectivity index (χ3n) is 3.61. The molecule has 2 N–H and O–H groups in total. The minimum absolute atomic E-state index is 0.0357. The summed E-state index contributed by atoms with van der Waals surface area (Å²) in [6, 6.07) is 13.6. The SMILES string of the molecule is Cc1ccc(/C=C/S(=O)(=O)NCCC(=O)NCc2ccccc2F)cc1. The molecular weight excluding hydrogens is 355 g/mol. The quantitative estimate of drug-likeness (QED) is 0.744. The minimum Gasteiger partial charge on any atom is -0.352 e. The van der Waals surface area contributed by atoms with Crippen LogP contribution in [-0.4, -0.2) is 20.9 Å². The molecule has 0 saturated heterocycles. The van der Waals surface area contributed by atoms with E-state index in [1.54, 1.807) is 18.2 Å². The Morgan fingerprint density at radius 2 is 1.81 bits per heavy atom. The van der Waals surface area contributed by atoms with E-state index in [0.717, 1.165) is 16.5 Å². The Kier molecular flexibility index (Phi) is 7.06. The van der Waals surface area contributed by atoms with Gasteiger partial charge in [0.1, 0.15) is 5.82 Å². The van der Waals surface area contributed by atoms with Crippen LogP contribution in [0.1, 0.15) is 23.1 Å². The standard InChI is InChI=1S/C19H21FN2O3S/c1-15-6-8-16(9-7-15)11-13-26(24,25)22-12-10-19(23)21-14-17-4-2-3-5-18(17)20/h2-9,11,13,22H,10,12,14H2,1H3,(H,21,23)/b13-11+. The van der Waals surface area contributed by atoms with E-state index in [4.69, 9.17) is 0 Å². The summed E-state index contributed by atoms with van der Waals surface area (Å²) in [6.07, 6.45) is 1.45. The van der Waals surface area contributed by atoms with E-state index >= 15 is 0 Å². The first-order valence-electron chi connectivity index (χ1n) is 8.10. The van der Waals surface area contributed by atoms with Gasteiger partial charge in [-0.25, -0.2) is 17.5 Å². The first kappa shape index (κ1) is 19.8. The number of carbonyl (C=O) groups is 1. The van der Waals surface area contributed by atoms with Gasteiger partial charge in [0.05, 0.1) is 0 Å². The molecule has 7 heteroatoms. The van der Waals surface area contributed by atoms with Crippen LogP contribution in [0, 0.1) is 12.7 Å². The fraction of sp³-hybridized carbons (Fsp3) is 0.211. The first-order chi connectivity index (χ1) is 12.4. The normalized spacial score (nSPS) is 11.6. The van der Waals surface area contributed by atoms with E-state index < -0.39 is 15.8 Å². The molecule has 0 aliphatic heterocycles. The van der Waals surface area contributed by atoms with E-state index in [2.05, 4.69) is 10.0 Å². The summed E-state index contributed by atoms with van der Waals surface area (Å²) in [7, 11) is -3.63. The van der Waals surface area contributed by atoms with E-state index in [0.29, 0.717) is 5.56 Å². The molecular formula is C19H21FN2O3S. The fourth-order valence-electron chi connectivity index (χ4n) is 2.12. The van der Waals surface area contributed by atoms with Crippen molar-refractivity contribution in [1.82, 2.24) is 10.0 Å². The number of aryl methyl sites for hydroxylation is 1. The van der Waals surface area contributed by atoms with Gasteiger partial charge < -0.3 is 5.32 Å². The van der Waals surface area contributed by atoms with Crippen LogP contribution in [-0.2, 0) is 21.4 Å². The average molecular weight is 376 g/mol. The van der Waals surface area contributed by atoms with Gasteiger partial charge in [0, 0.05) is 30.5 Å². The number of rotatable bonds is 8. The summed E-state index contributed by atoms with van der Waals surface area (Å²) < 4.78 is 39.6. The van der Waals surface area contributed by atoms with E-state index in [-0.39, 0.29) is 25.4 Å². The van der Waals surface area contributed by atoms with Gasteiger partial charge in [-0.15, -0.1) is 0 Å². The van der Waals surface area contributed by atoms with Crippen LogP contribution in [0.4, 0.5) is 4.39 Å². The predicted octanol–water partition coefficient (Wildman–Crippen LogP) is 2.73. The van der Waals surface area contributed by atoms with E-state index in [1.165, 1.54) is 12.1 Å². The number of hydrogen-bond acceptors (Lipinski definition) is 3. The largest absolute Gasteiger partial charge is 0.352 e. The molecule has 0 aromatic heterocycles. The summed E-state index contributed by atoms with van der Waals surface area (Å²) in [5.41, 5.74) is 2.23. The summed E-state index contributed by atoms with van der Waals surface area (Å²) in [5, 5.41) is 3.62. The maximum atomic E-state index is 13.4. The van der Waals surface area contributed by atoms with Crippen molar-refractivity contribution in [2.75, 3.05) is 6.54 Å². The zero-order valence-electron chi connectivity index (χ0n) is 14.4. The highest BCUT2D eigenvalue weighted by Gasteiger charge is 2.08. The van der Waals surface area contributed by atoms with Crippen molar-refractivity contribution in [2.24, 2.45) is 0 Å². The molecule has 0 radical (unpaired) electrons. The Labute approximate surface area is 153 Å². The van der Waals surface area contributed by atoms with Gasteiger partial charge in [0.2, 0.25) is 15.9 Å². The highest BCUT2D eigenvalue weighted by atomic mass is 32.2. The Hall–Kier alpha value is -2.51. The maximum absolute atomic E-state index is 13.4. The molecule has 0 spiro atoms. The van der Waals surface area contributed by atoms with Crippen molar-refractivity contribution in [1.29, 1.82) is 0 Å². The van der Waals surface area contributed by atoms with Crippen molar-refractivity contribution >= 4 is 22.0 Å². The lowest BCUT2D eigenvalue weighted by atomic mass is 10.2. The maximum Gasteiger partial charge on any atom is 0.233 e. The monoisotopic (exact) mass is 376 g/mol. The van der Waals surface area contributed by atoms with Crippen LogP contribution in [0.25, 0.3) is 6.08 Å². The molecule has 2 aromatic rings. The molecule has 2 aromatic carbocycles. The fourth-order valence-corrected chi connectivity index (χ4v) is 2.94. The second kappa shape index (κ2) is 9.26. The molecule has 0 aliphatic rings. The number of halogens is 1. The topological polar surface area (TPSA) is 75.3 Å². The zero-order valence-corrected chi connectivity index (χ0v) is 15.2. The number of sulfonamides is 1. The molecule has 138 valence electrons. The van der Waals surface area contributed by atoms with Gasteiger partial charge in [-0.3, -0.25) is 4.79 Å². The lowest BCUT2D eigenvalue weighted by Gasteiger charge is -2.06. The molecule has 0 bridgehead atoms. The van der Waals surface area contributed by atoms with Crippen molar-refractivity contribution in [3.63, 3.8) is 0 Å². The highest BCUT2D eigenvalue weighted by Crippen LogP contribution is 2.07. The van der Waals surface area contributed by atoms with Crippen LogP contribution < -0.4 is 10.0 Å². The van der Waals surface area contributed by atoms with Gasteiger partial charge in [-0.05, 0) is 24.6 Å². The summed E-state index contributed by atoms with van der Waals surface area (Å²) in [5.74, 6) is -0.756. The molecule has 0 unspecified atom stereocenters. The van der Waals surface area contributed by atoms with Crippen LogP contribution in [0.15, 0.2) is 53.9 Å². The summed E-state index contributed by atoms with van der Waals surface area (Å²) >= 11 is 0. The Bertz CT molecular complexity index is 878. The second-order valence-electron chi connectivity index (χ2n) is 5.77. The van der Waals surface area contributed by atoms with E-state index in [9.17, 15) is 17.6 Å². The lowest BCUT2D eigenvalue weighted by Crippen LogP contribution is -2.29. The molecule has 0 saturated carbocycles. The van der Waals surface area contributed by atoms with Gasteiger partial charge in [0.25, 0.3) is 0 Å². The summed E-state index contributed by atoms with van der Waals surface area (Å²) in [4.78, 5) is 11.7. The number of nitrogens with one attached hydrogen (secondary N) is 2. The lowest BCUT2D eigenvalue weighted by molar-refractivity contribution is -0.121. The molecule has 0 atom stereocenters. The molecule has 0 aliphatic carbocycles. The highest BCUT2D eigenvalue weighted by molar-refractivity contribution is 7.92. The zero-order chi connectivity index (χ0) is 19.0. The van der Waals surface area contributed by atoms with Crippen molar-refractivity contribution in [2.45, 2.75) is 19.9 Å². The van der Waals surface area contributed by atoms with Crippen molar-refractivity contribution < 1.29 is 17.6 Å². The van der Waals surface area contributed by atoms with Gasteiger partial charge in [0.15, 0.2) is 0 Å². The molecule has 26 heavy (non-hydrogen) atoms. The van der Waals surface area contributed by atoms with Crippen LogP contribution >= 0.6 is 0 Å². The second-order valence-corrected chi connectivity index (χ2v) is 7.42. The van der Waals surface area contributed by atoms with Crippen molar-refractivity contribution in [3.05, 3.63) is 76.4 Å². The number of carbonyl (C=O) groups excluding carboxylic acids is 1. The smallest absolute Gasteiger partial charge is 0.233 e. The van der Waals surface area contributed by atoms with Gasteiger partial charge in [-0.1, -0.05) is 48.0 Å². The molecule has 0 fully saturated rings. The number of hydrogen-bond donors (Lipinski definition) is 2. The van der Waals surface area contributed by atoms with Crippen LogP contribution in [0.5, 0.6) is 0 Å². The van der Waals surface area contributed by atoms with Crippen LogP contribution in [0.3, 0.4) is 0 Å². The van der Waals surface area contributed by atoms with Gasteiger partial charge in [-0.2, -0.15) is 0 Å². The van der Waals surface area contributed by atoms with Crippen LogP contribution in [0.2, 0.25) is 0 Å². The third-order valence-corrected chi connectivity index (χ3v) is 4.71. The Morgan fingerprint density at radius 3 is 2.50 bits per heavy atom. The molecule has 2 rings (SSSR count). The van der Waals surface area contributed by atoms with Gasteiger partial charge >= 0.3 is 0 Å². The first-order valence-corrected chi connectivity index (χ1v) is 9.65. The Balaban J connectivity index is 1.76. The average Bonchev–Trinajstić information content (AvgIpc) is 2.60. The van der Waals surface area contributed by atoms with E-state index in [1.807, 2.05) is 31.2 Å². The predicted molar refractivity (Wildman–Crippen MR) is 100.0 cm³/mol. The molecule has 5 nitrogen and oxygen atoms in total. The van der Waals surface area contributed by atoms with Crippen molar-refractivity contribution in [3.8, 4) is 0 Å². The minimum atomic E-state index is -3.63. The number of amides is 1. The third kappa shape index (κ3) is 6.78. The summed E-state index contributed by atoms with van der Waals surface area (Å²) in [6.45, 7) is 1.97. The Morgan fingerprint density at radius 1 is 1.12 bits per heavy atom. The molecule has 0 heterocycles. The number of benzene rings is 2. The molecule has 1 amide bonds.